The average molecular weight is 380 g/mol. The fourth-order valence-electron chi connectivity index (χ4n) is 2.74. The van der Waals surface area contributed by atoms with E-state index in [-0.39, 0.29) is 24.7 Å². The third kappa shape index (κ3) is 5.01. The van der Waals surface area contributed by atoms with Crippen molar-refractivity contribution < 1.29 is 28.7 Å². The van der Waals surface area contributed by atoms with Gasteiger partial charge >= 0.3 is 0 Å². The van der Waals surface area contributed by atoms with Gasteiger partial charge < -0.3 is 9.47 Å². The molecule has 0 saturated heterocycles. The molecule has 2 aromatic rings. The summed E-state index contributed by atoms with van der Waals surface area (Å²) < 4.78 is 11.1. The molecule has 2 aromatic carbocycles. The van der Waals surface area contributed by atoms with E-state index in [2.05, 4.69) is 0 Å². The second-order valence-corrected chi connectivity index (χ2v) is 6.11. The molecule has 0 aliphatic carbocycles. The maximum Gasteiger partial charge on any atom is 0.153 e. The van der Waals surface area contributed by atoms with E-state index in [0.717, 1.165) is 11.1 Å². The first-order chi connectivity index (χ1) is 13.5. The van der Waals surface area contributed by atoms with Crippen LogP contribution in [0.3, 0.4) is 0 Å². The van der Waals surface area contributed by atoms with Crippen molar-refractivity contribution in [2.45, 2.75) is 13.8 Å². The standard InChI is InChI=1S/C22H20O6/c1-15-7-17(11-23)21(18(8-15)12-24)27-5-3-4-6-28-22-19(13-25)9-16(2)10-20(22)14-26/h3-4,7-14H,5-6H2,1-2H3/b4-3+. The molecule has 0 aliphatic heterocycles. The van der Waals surface area contributed by atoms with Gasteiger partial charge in [0.05, 0.1) is 22.3 Å². The van der Waals surface area contributed by atoms with Gasteiger partial charge in [-0.2, -0.15) is 0 Å². The van der Waals surface area contributed by atoms with Crippen molar-refractivity contribution in [1.29, 1.82) is 0 Å². The number of hydrogen-bond donors (Lipinski definition) is 0. The predicted octanol–water partition coefficient (Wildman–Crippen LogP) is 3.57. The zero-order valence-electron chi connectivity index (χ0n) is 15.6. The van der Waals surface area contributed by atoms with E-state index >= 15 is 0 Å². The molecule has 28 heavy (non-hydrogen) atoms. The number of benzene rings is 2. The van der Waals surface area contributed by atoms with Gasteiger partial charge in [-0.15, -0.1) is 0 Å². The Hall–Kier alpha value is -3.54. The SMILES string of the molecule is Cc1cc(C=O)c(OC/C=C/COc2c(C=O)cc(C)cc2C=O)c(C=O)c1. The highest BCUT2D eigenvalue weighted by Crippen LogP contribution is 2.24. The number of aryl methyl sites for hydroxylation is 2. The Morgan fingerprint density at radius 1 is 0.607 bits per heavy atom. The summed E-state index contributed by atoms with van der Waals surface area (Å²) in [6.07, 6.45) is 5.86. The van der Waals surface area contributed by atoms with Crippen LogP contribution in [0.15, 0.2) is 36.4 Å². The fourth-order valence-corrected chi connectivity index (χ4v) is 2.74. The normalized spacial score (nSPS) is 10.5. The molecule has 0 fully saturated rings. The maximum absolute atomic E-state index is 11.2. The largest absolute Gasteiger partial charge is 0.488 e. The Labute approximate surface area is 162 Å². The van der Waals surface area contributed by atoms with Crippen LogP contribution in [0.4, 0.5) is 0 Å². The molecular weight excluding hydrogens is 360 g/mol. The molecule has 0 aromatic heterocycles. The average Bonchev–Trinajstić information content (AvgIpc) is 2.70. The summed E-state index contributed by atoms with van der Waals surface area (Å²) >= 11 is 0. The van der Waals surface area contributed by atoms with Crippen LogP contribution in [0.25, 0.3) is 0 Å². The predicted molar refractivity (Wildman–Crippen MR) is 104 cm³/mol. The molecule has 0 heterocycles. The van der Waals surface area contributed by atoms with Crippen molar-refractivity contribution in [3.05, 3.63) is 69.8 Å². The molecule has 0 spiro atoms. The lowest BCUT2D eigenvalue weighted by Crippen LogP contribution is -2.04. The van der Waals surface area contributed by atoms with E-state index in [0.29, 0.717) is 47.4 Å². The molecule has 6 nitrogen and oxygen atoms in total. The van der Waals surface area contributed by atoms with Crippen LogP contribution >= 0.6 is 0 Å². The first-order valence-electron chi connectivity index (χ1n) is 8.54. The molecule has 0 bridgehead atoms. The first kappa shape index (κ1) is 20.8. The number of rotatable bonds is 10. The summed E-state index contributed by atoms with van der Waals surface area (Å²) in [4.78, 5) is 44.8. The van der Waals surface area contributed by atoms with Crippen molar-refractivity contribution in [3.63, 3.8) is 0 Å². The van der Waals surface area contributed by atoms with E-state index in [1.165, 1.54) is 0 Å². The quantitative estimate of drug-likeness (QED) is 0.463. The number of carbonyl (C=O) groups excluding carboxylic acids is 4. The first-order valence-corrected chi connectivity index (χ1v) is 8.54. The van der Waals surface area contributed by atoms with Crippen LogP contribution in [-0.4, -0.2) is 38.4 Å². The summed E-state index contributed by atoms with van der Waals surface area (Å²) in [5.41, 5.74) is 2.79. The summed E-state index contributed by atoms with van der Waals surface area (Å²) in [6.45, 7) is 3.80. The van der Waals surface area contributed by atoms with E-state index < -0.39 is 0 Å². The summed E-state index contributed by atoms with van der Waals surface area (Å²) in [6, 6.07) is 6.56. The van der Waals surface area contributed by atoms with Gasteiger partial charge in [0.2, 0.25) is 0 Å². The summed E-state index contributed by atoms with van der Waals surface area (Å²) in [7, 11) is 0. The van der Waals surface area contributed by atoms with Crippen LogP contribution in [0.2, 0.25) is 0 Å². The van der Waals surface area contributed by atoms with Crippen molar-refractivity contribution in [2.24, 2.45) is 0 Å². The second kappa shape index (κ2) is 9.97. The molecule has 144 valence electrons. The molecule has 0 saturated carbocycles. The Morgan fingerprint density at radius 2 is 0.893 bits per heavy atom. The molecule has 0 N–H and O–H groups in total. The smallest absolute Gasteiger partial charge is 0.153 e. The monoisotopic (exact) mass is 380 g/mol. The van der Waals surface area contributed by atoms with Crippen molar-refractivity contribution >= 4 is 25.1 Å². The highest BCUT2D eigenvalue weighted by Gasteiger charge is 2.11. The Kier molecular flexibility index (Phi) is 7.39. The number of hydrogen-bond acceptors (Lipinski definition) is 6. The maximum atomic E-state index is 11.2. The van der Waals surface area contributed by atoms with Gasteiger partial charge in [-0.05, 0) is 61.4 Å². The van der Waals surface area contributed by atoms with Gasteiger partial charge in [0.15, 0.2) is 25.1 Å². The molecule has 6 heteroatoms. The highest BCUT2D eigenvalue weighted by atomic mass is 16.5. The van der Waals surface area contributed by atoms with Gasteiger partial charge in [-0.3, -0.25) is 19.2 Å². The van der Waals surface area contributed by atoms with Gasteiger partial charge in [-0.25, -0.2) is 0 Å². The van der Waals surface area contributed by atoms with Crippen molar-refractivity contribution in [1.82, 2.24) is 0 Å². The highest BCUT2D eigenvalue weighted by molar-refractivity contribution is 5.89. The van der Waals surface area contributed by atoms with E-state index in [1.54, 1.807) is 50.3 Å². The fraction of sp³-hybridized carbons (Fsp3) is 0.182. The molecule has 0 radical (unpaired) electrons. The second-order valence-electron chi connectivity index (χ2n) is 6.11. The molecule has 2 rings (SSSR count). The van der Waals surface area contributed by atoms with E-state index in [4.69, 9.17) is 9.47 Å². The Bertz CT molecular complexity index is 793. The third-order valence-corrected chi connectivity index (χ3v) is 3.90. The molecule has 0 aliphatic rings. The van der Waals surface area contributed by atoms with Crippen molar-refractivity contribution in [2.75, 3.05) is 13.2 Å². The lowest BCUT2D eigenvalue weighted by Gasteiger charge is -2.11. The van der Waals surface area contributed by atoms with Crippen LogP contribution in [0.5, 0.6) is 11.5 Å². The number of aldehydes is 4. The minimum Gasteiger partial charge on any atom is -0.488 e. The minimum atomic E-state index is 0.114. The minimum absolute atomic E-state index is 0.114. The van der Waals surface area contributed by atoms with Crippen LogP contribution < -0.4 is 9.47 Å². The van der Waals surface area contributed by atoms with Gasteiger partial charge in [0.25, 0.3) is 0 Å². The number of carbonyl (C=O) groups is 4. The zero-order valence-corrected chi connectivity index (χ0v) is 15.6. The molecule has 0 unspecified atom stereocenters. The van der Waals surface area contributed by atoms with Crippen LogP contribution in [0, 0.1) is 13.8 Å². The molecule has 0 amide bonds. The van der Waals surface area contributed by atoms with Gasteiger partial charge in [-0.1, -0.05) is 0 Å². The van der Waals surface area contributed by atoms with Gasteiger partial charge in [0.1, 0.15) is 24.7 Å². The Morgan fingerprint density at radius 3 is 1.14 bits per heavy atom. The summed E-state index contributed by atoms with van der Waals surface area (Å²) in [5, 5.41) is 0. The lowest BCUT2D eigenvalue weighted by molar-refractivity contribution is 0.110. The zero-order chi connectivity index (χ0) is 20.5. The lowest BCUT2D eigenvalue weighted by atomic mass is 10.1. The van der Waals surface area contributed by atoms with E-state index in [1.807, 2.05) is 0 Å². The van der Waals surface area contributed by atoms with Crippen LogP contribution in [-0.2, 0) is 0 Å². The molecular formula is C22H20O6. The molecule has 0 atom stereocenters. The van der Waals surface area contributed by atoms with Crippen LogP contribution in [0.1, 0.15) is 52.6 Å². The van der Waals surface area contributed by atoms with E-state index in [9.17, 15) is 19.2 Å². The summed E-state index contributed by atoms with van der Waals surface area (Å²) in [5.74, 6) is 0.456. The van der Waals surface area contributed by atoms with Crippen molar-refractivity contribution in [3.8, 4) is 11.5 Å². The Balaban J connectivity index is 2.02. The topological polar surface area (TPSA) is 86.7 Å². The van der Waals surface area contributed by atoms with Gasteiger partial charge in [0, 0.05) is 0 Å². The number of ether oxygens (including phenoxy) is 2. The third-order valence-electron chi connectivity index (χ3n) is 3.90.